The molecule has 1 rings (SSSR count). The molecule has 0 aliphatic rings. The molecule has 0 bridgehead atoms. The molecule has 0 aliphatic heterocycles. The molecule has 13 heavy (non-hydrogen) atoms. The van der Waals surface area contributed by atoms with Gasteiger partial charge in [-0.2, -0.15) is 0 Å². The predicted octanol–water partition coefficient (Wildman–Crippen LogP) is -0.412. The number of ether oxygens (including phenoxy) is 1. The summed E-state index contributed by atoms with van der Waals surface area (Å²) in [6, 6.07) is 0. The molecule has 0 unspecified atom stereocenters. The third kappa shape index (κ3) is 2.51. The molecule has 6 heteroatoms. The third-order valence-electron chi connectivity index (χ3n) is 1.18. The van der Waals surface area contributed by atoms with Gasteiger partial charge in [-0.15, -0.1) is 0 Å². The molecule has 0 radical (unpaired) electrons. The Labute approximate surface area is 74.0 Å². The first-order chi connectivity index (χ1) is 6.24. The van der Waals surface area contributed by atoms with E-state index in [1.807, 2.05) is 0 Å². The first kappa shape index (κ1) is 9.11. The fourth-order valence-corrected chi connectivity index (χ4v) is 0.624. The summed E-state index contributed by atoms with van der Waals surface area (Å²) in [7, 11) is 1.12. The summed E-state index contributed by atoms with van der Waals surface area (Å²) < 4.78 is 4.19. The largest absolute Gasteiger partial charge is 0.462 e. The standard InChI is InChI=1S/C7H7N3O3/c1-13-7(12)6(11)10-5-4-8-2-3-9-5/h2-4H,1H3,(H,9,10,11). The number of rotatable bonds is 1. The Hall–Kier alpha value is -1.98. The van der Waals surface area contributed by atoms with E-state index in [1.54, 1.807) is 0 Å². The molecule has 6 nitrogen and oxygen atoms in total. The minimum absolute atomic E-state index is 0.206. The molecule has 0 atom stereocenters. The average molecular weight is 181 g/mol. The smallest absolute Gasteiger partial charge is 0.396 e. The van der Waals surface area contributed by atoms with Crippen molar-refractivity contribution >= 4 is 17.7 Å². The van der Waals surface area contributed by atoms with Gasteiger partial charge >= 0.3 is 11.9 Å². The lowest BCUT2D eigenvalue weighted by Gasteiger charge is -2.00. The Morgan fingerprint density at radius 2 is 2.23 bits per heavy atom. The van der Waals surface area contributed by atoms with Crippen molar-refractivity contribution in [2.24, 2.45) is 0 Å². The highest BCUT2D eigenvalue weighted by molar-refractivity contribution is 6.37. The maximum absolute atomic E-state index is 10.9. The van der Waals surface area contributed by atoms with E-state index >= 15 is 0 Å². The summed E-state index contributed by atoms with van der Waals surface area (Å²) in [5.74, 6) is -1.63. The Balaban J connectivity index is 2.60. The number of amides is 1. The van der Waals surface area contributed by atoms with Crippen molar-refractivity contribution in [2.75, 3.05) is 12.4 Å². The second kappa shape index (κ2) is 4.15. The summed E-state index contributed by atoms with van der Waals surface area (Å²) in [5.41, 5.74) is 0. The van der Waals surface area contributed by atoms with Crippen LogP contribution in [0.5, 0.6) is 0 Å². The van der Waals surface area contributed by atoms with Crippen molar-refractivity contribution < 1.29 is 14.3 Å². The predicted molar refractivity (Wildman–Crippen MR) is 42.7 cm³/mol. The normalized spacial score (nSPS) is 9.00. The monoisotopic (exact) mass is 181 g/mol. The van der Waals surface area contributed by atoms with Crippen molar-refractivity contribution in [3.05, 3.63) is 18.6 Å². The van der Waals surface area contributed by atoms with Crippen LogP contribution in [0.3, 0.4) is 0 Å². The van der Waals surface area contributed by atoms with Crippen LogP contribution in [0, 0.1) is 0 Å². The molecule has 0 spiro atoms. The summed E-state index contributed by atoms with van der Waals surface area (Å²) in [4.78, 5) is 29.0. The van der Waals surface area contributed by atoms with Crippen molar-refractivity contribution in [2.45, 2.75) is 0 Å². The molecule has 1 amide bonds. The molecule has 0 aliphatic carbocycles. The van der Waals surface area contributed by atoms with Crippen LogP contribution in [0.15, 0.2) is 18.6 Å². The van der Waals surface area contributed by atoms with Gasteiger partial charge in [0.15, 0.2) is 5.82 Å². The third-order valence-corrected chi connectivity index (χ3v) is 1.18. The number of anilines is 1. The van der Waals surface area contributed by atoms with Crippen molar-refractivity contribution in [3.8, 4) is 0 Å². The Bertz CT molecular complexity index is 312. The van der Waals surface area contributed by atoms with Crippen LogP contribution in [0.2, 0.25) is 0 Å². The van der Waals surface area contributed by atoms with E-state index in [9.17, 15) is 9.59 Å². The van der Waals surface area contributed by atoms with Gasteiger partial charge in [-0.25, -0.2) is 9.78 Å². The summed E-state index contributed by atoms with van der Waals surface area (Å²) >= 11 is 0. The number of aromatic nitrogens is 2. The molecule has 0 saturated heterocycles. The zero-order chi connectivity index (χ0) is 9.68. The van der Waals surface area contributed by atoms with Crippen LogP contribution in [0.1, 0.15) is 0 Å². The molecule has 1 N–H and O–H groups in total. The Morgan fingerprint density at radius 3 is 2.77 bits per heavy atom. The lowest BCUT2D eigenvalue weighted by atomic mass is 10.5. The molecule has 0 aromatic carbocycles. The fourth-order valence-electron chi connectivity index (χ4n) is 0.624. The number of hydrogen-bond donors (Lipinski definition) is 1. The number of carbonyl (C=O) groups excluding carboxylic acids is 2. The minimum atomic E-state index is -0.967. The van der Waals surface area contributed by atoms with Gasteiger partial charge in [0.1, 0.15) is 0 Å². The zero-order valence-corrected chi connectivity index (χ0v) is 6.85. The van der Waals surface area contributed by atoms with Crippen molar-refractivity contribution in [3.63, 3.8) is 0 Å². The fraction of sp³-hybridized carbons (Fsp3) is 0.143. The molecule has 1 aromatic rings. The van der Waals surface area contributed by atoms with Gasteiger partial charge in [0, 0.05) is 12.4 Å². The first-order valence-corrected chi connectivity index (χ1v) is 3.39. The maximum Gasteiger partial charge on any atom is 0.396 e. The van der Waals surface area contributed by atoms with Gasteiger partial charge in [-0.05, 0) is 0 Å². The highest BCUT2D eigenvalue weighted by Gasteiger charge is 2.13. The van der Waals surface area contributed by atoms with Crippen LogP contribution in [-0.4, -0.2) is 29.0 Å². The number of hydrogen-bond acceptors (Lipinski definition) is 5. The molecule has 0 saturated carbocycles. The van der Waals surface area contributed by atoms with E-state index in [-0.39, 0.29) is 5.82 Å². The lowest BCUT2D eigenvalue weighted by Crippen LogP contribution is -2.24. The van der Waals surface area contributed by atoms with Gasteiger partial charge in [-0.3, -0.25) is 15.1 Å². The van der Waals surface area contributed by atoms with Gasteiger partial charge in [-0.1, -0.05) is 0 Å². The quantitative estimate of drug-likeness (QED) is 0.470. The number of nitrogens with one attached hydrogen (secondary N) is 1. The number of nitrogens with zero attached hydrogens (tertiary/aromatic N) is 2. The van der Waals surface area contributed by atoms with E-state index in [0.29, 0.717) is 0 Å². The SMILES string of the molecule is COC(=O)C(=O)Nc1cnccn1. The van der Waals surface area contributed by atoms with E-state index in [1.165, 1.54) is 18.6 Å². The number of esters is 1. The number of carbonyl (C=O) groups is 2. The van der Waals surface area contributed by atoms with E-state index in [0.717, 1.165) is 7.11 Å². The minimum Gasteiger partial charge on any atom is -0.462 e. The molecule has 0 fully saturated rings. The van der Waals surface area contributed by atoms with Gasteiger partial charge in [0.2, 0.25) is 0 Å². The van der Waals surface area contributed by atoms with E-state index < -0.39 is 11.9 Å². The van der Waals surface area contributed by atoms with Crippen LogP contribution >= 0.6 is 0 Å². The average Bonchev–Trinajstić information content (AvgIpc) is 2.18. The van der Waals surface area contributed by atoms with E-state index in [4.69, 9.17) is 0 Å². The molecular weight excluding hydrogens is 174 g/mol. The second-order valence-electron chi connectivity index (χ2n) is 2.04. The van der Waals surface area contributed by atoms with Crippen LogP contribution in [0.25, 0.3) is 0 Å². The van der Waals surface area contributed by atoms with Gasteiger partial charge in [0.25, 0.3) is 0 Å². The maximum atomic E-state index is 10.9. The Kier molecular flexibility index (Phi) is 2.91. The first-order valence-electron chi connectivity index (χ1n) is 3.39. The molecule has 1 aromatic heterocycles. The van der Waals surface area contributed by atoms with Crippen LogP contribution in [0.4, 0.5) is 5.82 Å². The zero-order valence-electron chi connectivity index (χ0n) is 6.85. The van der Waals surface area contributed by atoms with Crippen molar-refractivity contribution in [1.82, 2.24) is 9.97 Å². The van der Waals surface area contributed by atoms with Crippen molar-refractivity contribution in [1.29, 1.82) is 0 Å². The van der Waals surface area contributed by atoms with Gasteiger partial charge in [0.05, 0.1) is 13.3 Å². The van der Waals surface area contributed by atoms with Crippen LogP contribution in [-0.2, 0) is 14.3 Å². The molecule has 1 heterocycles. The van der Waals surface area contributed by atoms with Gasteiger partial charge < -0.3 is 4.74 Å². The summed E-state index contributed by atoms with van der Waals surface area (Å²) in [5, 5.41) is 2.21. The topological polar surface area (TPSA) is 81.2 Å². The second-order valence-corrected chi connectivity index (χ2v) is 2.04. The lowest BCUT2D eigenvalue weighted by molar-refractivity contribution is -0.150. The summed E-state index contributed by atoms with van der Waals surface area (Å²) in [6.45, 7) is 0. The molecule has 68 valence electrons. The van der Waals surface area contributed by atoms with Crippen LogP contribution < -0.4 is 5.32 Å². The Morgan fingerprint density at radius 1 is 1.46 bits per heavy atom. The summed E-state index contributed by atoms with van der Waals surface area (Å²) in [6.07, 6.45) is 4.17. The highest BCUT2D eigenvalue weighted by Crippen LogP contribution is 1.96. The molecular formula is C7H7N3O3. The number of methoxy groups -OCH3 is 1. The van der Waals surface area contributed by atoms with E-state index in [2.05, 4.69) is 20.0 Å². The highest BCUT2D eigenvalue weighted by atomic mass is 16.5.